The Balaban J connectivity index is 2.50. The molecule has 56 valence electrons. The van der Waals surface area contributed by atoms with Crippen molar-refractivity contribution in [1.29, 1.82) is 0 Å². The SMILES string of the molecule is CCCC(C)c1cn[nH]c1. The van der Waals surface area contributed by atoms with Gasteiger partial charge in [0.2, 0.25) is 0 Å². The summed E-state index contributed by atoms with van der Waals surface area (Å²) in [5.41, 5.74) is 1.32. The lowest BCUT2D eigenvalue weighted by Gasteiger charge is -2.04. The summed E-state index contributed by atoms with van der Waals surface area (Å²) in [6, 6.07) is 0. The predicted octanol–water partition coefficient (Wildman–Crippen LogP) is 2.31. The van der Waals surface area contributed by atoms with Gasteiger partial charge in [-0.2, -0.15) is 5.10 Å². The van der Waals surface area contributed by atoms with E-state index in [0.717, 1.165) is 0 Å². The minimum absolute atomic E-state index is 0.656. The van der Waals surface area contributed by atoms with Crippen molar-refractivity contribution in [3.63, 3.8) is 0 Å². The van der Waals surface area contributed by atoms with Crippen LogP contribution < -0.4 is 0 Å². The zero-order chi connectivity index (χ0) is 7.40. The molecule has 0 aliphatic rings. The summed E-state index contributed by atoms with van der Waals surface area (Å²) in [5.74, 6) is 0.656. The number of H-pyrrole nitrogens is 1. The van der Waals surface area contributed by atoms with Gasteiger partial charge in [-0.3, -0.25) is 5.10 Å². The lowest BCUT2D eigenvalue weighted by atomic mass is 10.0. The number of hydrogen-bond donors (Lipinski definition) is 1. The van der Waals surface area contributed by atoms with Gasteiger partial charge in [-0.05, 0) is 17.9 Å². The maximum absolute atomic E-state index is 3.90. The molecule has 1 unspecified atom stereocenters. The molecule has 2 nitrogen and oxygen atoms in total. The largest absolute Gasteiger partial charge is 0.285 e. The van der Waals surface area contributed by atoms with Gasteiger partial charge in [0.05, 0.1) is 6.20 Å². The maximum atomic E-state index is 3.90. The Morgan fingerprint density at radius 2 is 2.50 bits per heavy atom. The van der Waals surface area contributed by atoms with Crippen molar-refractivity contribution in [2.24, 2.45) is 0 Å². The molecule has 1 rings (SSSR count). The van der Waals surface area contributed by atoms with Crippen LogP contribution in [0.5, 0.6) is 0 Å². The number of hydrogen-bond acceptors (Lipinski definition) is 1. The van der Waals surface area contributed by atoms with Gasteiger partial charge in [0.25, 0.3) is 0 Å². The van der Waals surface area contributed by atoms with Crippen LogP contribution in [0.4, 0.5) is 0 Å². The number of nitrogens with one attached hydrogen (secondary N) is 1. The molecule has 1 heterocycles. The molecule has 1 atom stereocenters. The van der Waals surface area contributed by atoms with Gasteiger partial charge >= 0.3 is 0 Å². The summed E-state index contributed by atoms with van der Waals surface area (Å²) in [5, 5.41) is 6.72. The van der Waals surface area contributed by atoms with Gasteiger partial charge in [0, 0.05) is 6.20 Å². The third-order valence-corrected chi connectivity index (χ3v) is 1.81. The molecular formula is C8H14N2. The second-order valence-corrected chi connectivity index (χ2v) is 2.72. The lowest BCUT2D eigenvalue weighted by molar-refractivity contribution is 0.665. The zero-order valence-electron chi connectivity index (χ0n) is 6.59. The minimum atomic E-state index is 0.656. The Morgan fingerprint density at radius 3 is 3.00 bits per heavy atom. The van der Waals surface area contributed by atoms with Crippen molar-refractivity contribution in [1.82, 2.24) is 10.2 Å². The van der Waals surface area contributed by atoms with Gasteiger partial charge in [-0.1, -0.05) is 20.3 Å². The van der Waals surface area contributed by atoms with E-state index in [1.807, 2.05) is 12.4 Å². The number of rotatable bonds is 3. The van der Waals surface area contributed by atoms with Crippen molar-refractivity contribution in [2.75, 3.05) is 0 Å². The molecule has 0 amide bonds. The van der Waals surface area contributed by atoms with Crippen LogP contribution in [0.15, 0.2) is 12.4 Å². The van der Waals surface area contributed by atoms with Crippen molar-refractivity contribution >= 4 is 0 Å². The minimum Gasteiger partial charge on any atom is -0.285 e. The first kappa shape index (κ1) is 7.32. The lowest BCUT2D eigenvalue weighted by Crippen LogP contribution is -1.89. The highest BCUT2D eigenvalue weighted by Gasteiger charge is 2.03. The Morgan fingerprint density at radius 1 is 1.70 bits per heavy atom. The molecule has 0 aromatic carbocycles. The second-order valence-electron chi connectivity index (χ2n) is 2.72. The van der Waals surface area contributed by atoms with Gasteiger partial charge in [0.15, 0.2) is 0 Å². The fraction of sp³-hybridized carbons (Fsp3) is 0.625. The molecule has 0 aliphatic heterocycles. The van der Waals surface area contributed by atoms with Gasteiger partial charge in [-0.25, -0.2) is 0 Å². The van der Waals surface area contributed by atoms with Crippen LogP contribution in [0.25, 0.3) is 0 Å². The predicted molar refractivity (Wildman–Crippen MR) is 41.9 cm³/mol. The summed E-state index contributed by atoms with van der Waals surface area (Å²) in [4.78, 5) is 0. The first-order valence-corrected chi connectivity index (χ1v) is 3.83. The fourth-order valence-corrected chi connectivity index (χ4v) is 1.13. The normalized spacial score (nSPS) is 13.4. The highest BCUT2D eigenvalue weighted by molar-refractivity contribution is 5.08. The molecule has 1 N–H and O–H groups in total. The van der Waals surface area contributed by atoms with E-state index in [-0.39, 0.29) is 0 Å². The summed E-state index contributed by atoms with van der Waals surface area (Å²) in [6.07, 6.45) is 6.37. The number of aromatic nitrogens is 2. The van der Waals surface area contributed by atoms with Gasteiger partial charge in [0.1, 0.15) is 0 Å². The molecule has 0 saturated carbocycles. The van der Waals surface area contributed by atoms with Crippen LogP contribution in [0.2, 0.25) is 0 Å². The molecule has 2 heteroatoms. The van der Waals surface area contributed by atoms with Crippen LogP contribution in [0.3, 0.4) is 0 Å². The monoisotopic (exact) mass is 138 g/mol. The Labute approximate surface area is 61.7 Å². The average Bonchev–Trinajstić information content (AvgIpc) is 2.38. The Kier molecular flexibility index (Phi) is 2.49. The number of nitrogens with zero attached hydrogens (tertiary/aromatic N) is 1. The van der Waals surface area contributed by atoms with Crippen molar-refractivity contribution in [3.05, 3.63) is 18.0 Å². The average molecular weight is 138 g/mol. The van der Waals surface area contributed by atoms with Crippen molar-refractivity contribution in [2.45, 2.75) is 32.6 Å². The van der Waals surface area contributed by atoms with E-state index in [0.29, 0.717) is 5.92 Å². The maximum Gasteiger partial charge on any atom is 0.0521 e. The van der Waals surface area contributed by atoms with E-state index in [1.54, 1.807) is 0 Å². The third kappa shape index (κ3) is 1.59. The standard InChI is InChI=1S/C8H14N2/c1-3-4-7(2)8-5-9-10-6-8/h5-7H,3-4H2,1-2H3,(H,9,10). The van der Waals surface area contributed by atoms with E-state index in [2.05, 4.69) is 24.0 Å². The molecular weight excluding hydrogens is 124 g/mol. The zero-order valence-corrected chi connectivity index (χ0v) is 6.59. The summed E-state index contributed by atoms with van der Waals surface area (Å²) in [7, 11) is 0. The van der Waals surface area contributed by atoms with Crippen molar-refractivity contribution in [3.8, 4) is 0 Å². The van der Waals surface area contributed by atoms with Crippen LogP contribution in [-0.4, -0.2) is 10.2 Å². The molecule has 10 heavy (non-hydrogen) atoms. The van der Waals surface area contributed by atoms with Crippen LogP contribution in [0, 0.1) is 0 Å². The summed E-state index contributed by atoms with van der Waals surface area (Å²) >= 11 is 0. The van der Waals surface area contributed by atoms with E-state index >= 15 is 0 Å². The first-order valence-electron chi connectivity index (χ1n) is 3.83. The molecule has 0 radical (unpaired) electrons. The van der Waals surface area contributed by atoms with Crippen LogP contribution in [-0.2, 0) is 0 Å². The highest BCUT2D eigenvalue weighted by atomic mass is 15.1. The topological polar surface area (TPSA) is 28.7 Å². The van der Waals surface area contributed by atoms with E-state index in [1.165, 1.54) is 18.4 Å². The quantitative estimate of drug-likeness (QED) is 0.682. The molecule has 1 aromatic rings. The molecule has 0 bridgehead atoms. The third-order valence-electron chi connectivity index (χ3n) is 1.81. The van der Waals surface area contributed by atoms with Gasteiger partial charge < -0.3 is 0 Å². The second kappa shape index (κ2) is 3.40. The Bertz CT molecular complexity index is 167. The molecule has 0 saturated heterocycles. The van der Waals surface area contributed by atoms with E-state index in [9.17, 15) is 0 Å². The first-order chi connectivity index (χ1) is 4.84. The van der Waals surface area contributed by atoms with E-state index < -0.39 is 0 Å². The van der Waals surface area contributed by atoms with Crippen molar-refractivity contribution < 1.29 is 0 Å². The van der Waals surface area contributed by atoms with Crippen LogP contribution >= 0.6 is 0 Å². The molecule has 0 aliphatic carbocycles. The smallest absolute Gasteiger partial charge is 0.0521 e. The number of aromatic amines is 1. The van der Waals surface area contributed by atoms with E-state index in [4.69, 9.17) is 0 Å². The van der Waals surface area contributed by atoms with Gasteiger partial charge in [-0.15, -0.1) is 0 Å². The van der Waals surface area contributed by atoms with Crippen LogP contribution in [0.1, 0.15) is 38.2 Å². The molecule has 0 spiro atoms. The molecule has 1 aromatic heterocycles. The fourth-order valence-electron chi connectivity index (χ4n) is 1.13. The summed E-state index contributed by atoms with van der Waals surface area (Å²) in [6.45, 7) is 4.44. The summed E-state index contributed by atoms with van der Waals surface area (Å²) < 4.78 is 0. The highest BCUT2D eigenvalue weighted by Crippen LogP contribution is 2.17. The molecule has 0 fully saturated rings. The Hall–Kier alpha value is -0.790.